The third-order valence-electron chi connectivity index (χ3n) is 3.41. The number of rotatable bonds is 6. The molecule has 0 aliphatic carbocycles. The van der Waals surface area contributed by atoms with Crippen molar-refractivity contribution in [2.45, 2.75) is 14.9 Å². The summed E-state index contributed by atoms with van der Waals surface area (Å²) < 4.78 is 29.1. The van der Waals surface area contributed by atoms with Gasteiger partial charge in [0.1, 0.15) is 11.3 Å². The van der Waals surface area contributed by atoms with Crippen LogP contribution < -0.4 is 4.72 Å². The monoisotopic (exact) mass is 425 g/mol. The van der Waals surface area contributed by atoms with Gasteiger partial charge in [-0.05, 0) is 48.2 Å². The fourth-order valence-electron chi connectivity index (χ4n) is 2.08. The van der Waals surface area contributed by atoms with E-state index in [9.17, 15) is 18.5 Å². The first-order valence-corrected chi connectivity index (χ1v) is 10.0. The lowest BCUT2D eigenvalue weighted by Gasteiger charge is -2.09. The molecule has 0 aliphatic rings. The number of aromatic nitrogens is 3. The summed E-state index contributed by atoms with van der Waals surface area (Å²) in [6.45, 7) is 0. The van der Waals surface area contributed by atoms with Crippen LogP contribution in [0.25, 0.3) is 0 Å². The lowest BCUT2D eigenvalue weighted by Crippen LogP contribution is -2.13. The third kappa shape index (κ3) is 4.38. The van der Waals surface area contributed by atoms with Crippen molar-refractivity contribution in [1.29, 1.82) is 0 Å². The van der Waals surface area contributed by atoms with Crippen LogP contribution in [0.5, 0.6) is 0 Å². The molecule has 0 saturated heterocycles. The Bertz CT molecular complexity index is 1100. The molecule has 0 saturated carbocycles. The summed E-state index contributed by atoms with van der Waals surface area (Å²) in [6, 6.07) is 9.91. The molecule has 0 amide bonds. The SMILES string of the molecule is Cn1cnnc1Sc1ccc(NS(=O)(=O)c2ccc(Cl)c([N+](=O)[O-])c2)cc1. The van der Waals surface area contributed by atoms with E-state index in [0.717, 1.165) is 11.0 Å². The Labute approximate surface area is 163 Å². The first kappa shape index (κ1) is 19.1. The molecule has 0 bridgehead atoms. The minimum atomic E-state index is -4.00. The molecule has 27 heavy (non-hydrogen) atoms. The van der Waals surface area contributed by atoms with Crippen LogP contribution in [-0.2, 0) is 17.1 Å². The number of nitro groups is 1. The lowest BCUT2D eigenvalue weighted by atomic mass is 10.3. The molecular weight excluding hydrogens is 414 g/mol. The van der Waals surface area contributed by atoms with E-state index in [-0.39, 0.29) is 9.92 Å². The number of benzene rings is 2. The average Bonchev–Trinajstić information content (AvgIpc) is 3.01. The fraction of sp³-hybridized carbons (Fsp3) is 0.0667. The number of aryl methyl sites for hydroxylation is 1. The first-order chi connectivity index (χ1) is 12.8. The molecule has 12 heteroatoms. The Hall–Kier alpha value is -2.63. The van der Waals surface area contributed by atoms with E-state index in [1.807, 2.05) is 7.05 Å². The zero-order valence-electron chi connectivity index (χ0n) is 13.7. The van der Waals surface area contributed by atoms with Gasteiger partial charge in [-0.25, -0.2) is 8.42 Å². The van der Waals surface area contributed by atoms with E-state index in [1.54, 1.807) is 35.2 Å². The molecule has 3 aromatic rings. The maximum absolute atomic E-state index is 12.5. The number of nitrogens with one attached hydrogen (secondary N) is 1. The van der Waals surface area contributed by atoms with Gasteiger partial charge < -0.3 is 4.57 Å². The molecule has 3 rings (SSSR count). The van der Waals surface area contributed by atoms with Crippen molar-refractivity contribution in [1.82, 2.24) is 14.8 Å². The molecule has 1 N–H and O–H groups in total. The summed E-state index contributed by atoms with van der Waals surface area (Å²) in [4.78, 5) is 10.8. The summed E-state index contributed by atoms with van der Waals surface area (Å²) in [6.07, 6.45) is 1.58. The summed E-state index contributed by atoms with van der Waals surface area (Å²) in [5.74, 6) is 0. The summed E-state index contributed by atoms with van der Waals surface area (Å²) >= 11 is 7.09. The fourth-order valence-corrected chi connectivity index (χ4v) is 4.10. The zero-order valence-corrected chi connectivity index (χ0v) is 16.1. The lowest BCUT2D eigenvalue weighted by molar-refractivity contribution is -0.384. The smallest absolute Gasteiger partial charge is 0.289 e. The van der Waals surface area contributed by atoms with Gasteiger partial charge in [0.15, 0.2) is 5.16 Å². The van der Waals surface area contributed by atoms with Crippen LogP contribution >= 0.6 is 23.4 Å². The summed E-state index contributed by atoms with van der Waals surface area (Å²) in [7, 11) is -2.19. The molecule has 9 nitrogen and oxygen atoms in total. The van der Waals surface area contributed by atoms with Gasteiger partial charge in [0.2, 0.25) is 0 Å². The molecule has 1 aromatic heterocycles. The van der Waals surface area contributed by atoms with Crippen LogP contribution in [-0.4, -0.2) is 28.1 Å². The Morgan fingerprint density at radius 2 is 1.93 bits per heavy atom. The van der Waals surface area contributed by atoms with Crippen molar-refractivity contribution < 1.29 is 13.3 Å². The zero-order chi connectivity index (χ0) is 19.6. The maximum Gasteiger partial charge on any atom is 0.289 e. The average molecular weight is 426 g/mol. The van der Waals surface area contributed by atoms with Crippen molar-refractivity contribution in [3.8, 4) is 0 Å². The van der Waals surface area contributed by atoms with E-state index in [0.29, 0.717) is 10.8 Å². The molecule has 0 unspecified atom stereocenters. The molecule has 0 radical (unpaired) electrons. The van der Waals surface area contributed by atoms with Crippen LogP contribution in [0, 0.1) is 10.1 Å². The second-order valence-corrected chi connectivity index (χ2v) is 8.46. The number of anilines is 1. The Morgan fingerprint density at radius 1 is 1.22 bits per heavy atom. The van der Waals surface area contributed by atoms with E-state index >= 15 is 0 Å². The topological polar surface area (TPSA) is 120 Å². The minimum absolute atomic E-state index is 0.135. The molecule has 2 aromatic carbocycles. The highest BCUT2D eigenvalue weighted by atomic mass is 35.5. The quantitative estimate of drug-likeness (QED) is 0.475. The molecule has 0 aliphatic heterocycles. The molecule has 0 spiro atoms. The van der Waals surface area contributed by atoms with Crippen LogP contribution in [0.15, 0.2) is 63.7 Å². The van der Waals surface area contributed by atoms with E-state index in [1.165, 1.54) is 23.9 Å². The molecular formula is C15H12ClN5O4S2. The predicted octanol–water partition coefficient (Wildman–Crippen LogP) is 3.33. The second kappa shape index (κ2) is 7.55. The highest BCUT2D eigenvalue weighted by Crippen LogP contribution is 2.29. The van der Waals surface area contributed by atoms with Gasteiger partial charge in [-0.2, -0.15) is 0 Å². The first-order valence-electron chi connectivity index (χ1n) is 7.35. The normalized spacial score (nSPS) is 11.3. The predicted molar refractivity (Wildman–Crippen MR) is 100 cm³/mol. The van der Waals surface area contributed by atoms with Gasteiger partial charge in [-0.1, -0.05) is 11.6 Å². The highest BCUT2D eigenvalue weighted by Gasteiger charge is 2.20. The van der Waals surface area contributed by atoms with Crippen LogP contribution in [0.3, 0.4) is 0 Å². The summed E-state index contributed by atoms with van der Waals surface area (Å²) in [5.41, 5.74) is -0.162. The van der Waals surface area contributed by atoms with E-state index < -0.39 is 20.6 Å². The highest BCUT2D eigenvalue weighted by molar-refractivity contribution is 7.99. The van der Waals surface area contributed by atoms with Gasteiger partial charge >= 0.3 is 0 Å². The number of nitro benzene ring substituents is 1. The van der Waals surface area contributed by atoms with Gasteiger partial charge in [0, 0.05) is 23.7 Å². The van der Waals surface area contributed by atoms with Crippen molar-refractivity contribution in [2.75, 3.05) is 4.72 Å². The minimum Gasteiger partial charge on any atom is -0.311 e. The van der Waals surface area contributed by atoms with Crippen molar-refractivity contribution in [3.05, 3.63) is 63.9 Å². The molecule has 0 fully saturated rings. The van der Waals surface area contributed by atoms with Gasteiger partial charge in [0.25, 0.3) is 15.7 Å². The molecule has 0 atom stereocenters. The van der Waals surface area contributed by atoms with Gasteiger partial charge in [-0.3, -0.25) is 14.8 Å². The summed E-state index contributed by atoms with van der Waals surface area (Å²) in [5, 5.41) is 19.2. The number of hydrogen-bond donors (Lipinski definition) is 1. The largest absolute Gasteiger partial charge is 0.311 e. The van der Waals surface area contributed by atoms with Crippen molar-refractivity contribution in [2.24, 2.45) is 7.05 Å². The Balaban J connectivity index is 1.79. The third-order valence-corrected chi connectivity index (χ3v) is 6.17. The molecule has 1 heterocycles. The van der Waals surface area contributed by atoms with E-state index in [2.05, 4.69) is 14.9 Å². The van der Waals surface area contributed by atoms with Crippen LogP contribution in [0.1, 0.15) is 0 Å². The number of sulfonamides is 1. The standard InChI is InChI=1S/C15H12ClN5O4S2/c1-20-9-17-18-15(20)26-11-4-2-10(3-5-11)19-27(24,25)12-6-7-13(16)14(8-12)21(22)23/h2-9,19H,1H3. The van der Waals surface area contributed by atoms with Crippen LogP contribution in [0.2, 0.25) is 5.02 Å². The Morgan fingerprint density at radius 3 is 2.52 bits per heavy atom. The van der Waals surface area contributed by atoms with E-state index in [4.69, 9.17) is 11.6 Å². The number of hydrogen-bond acceptors (Lipinski definition) is 7. The van der Waals surface area contributed by atoms with Gasteiger partial charge in [-0.15, -0.1) is 10.2 Å². The van der Waals surface area contributed by atoms with Crippen LogP contribution in [0.4, 0.5) is 11.4 Å². The van der Waals surface area contributed by atoms with Gasteiger partial charge in [0.05, 0.1) is 9.82 Å². The number of nitrogens with zero attached hydrogens (tertiary/aromatic N) is 4. The van der Waals surface area contributed by atoms with Crippen molar-refractivity contribution in [3.63, 3.8) is 0 Å². The Kier molecular flexibility index (Phi) is 5.35. The number of halogens is 1. The second-order valence-electron chi connectivity index (χ2n) is 5.33. The maximum atomic E-state index is 12.5. The molecule has 140 valence electrons. The van der Waals surface area contributed by atoms with Crippen molar-refractivity contribution >= 4 is 44.8 Å².